The number of anilines is 3. The van der Waals surface area contributed by atoms with Gasteiger partial charge in [0.25, 0.3) is 0 Å². The number of aromatic nitrogens is 1. The molecule has 14 rings (SSSR count). The number of hydrogen-bond acceptors (Lipinski definition) is 3. The van der Waals surface area contributed by atoms with E-state index in [9.17, 15) is 0 Å². The van der Waals surface area contributed by atoms with E-state index in [2.05, 4.69) is 228 Å². The number of fused-ring (bicyclic) bond motifs is 15. The minimum atomic E-state index is 1.03. The largest absolute Gasteiger partial charge is 0.309 e. The number of para-hydroxylation sites is 2. The summed E-state index contributed by atoms with van der Waals surface area (Å²) in [5.41, 5.74) is 10.2. The first kappa shape index (κ1) is 36.4. The lowest BCUT2D eigenvalue weighted by atomic mass is 9.96. The van der Waals surface area contributed by atoms with Gasteiger partial charge in [-0.15, -0.1) is 0 Å². The summed E-state index contributed by atoms with van der Waals surface area (Å²) in [6, 6.07) is 79.5. The maximum atomic E-state index is 2.49. The smallest absolute Gasteiger partial charge is 0.0679 e. The van der Waals surface area contributed by atoms with Crippen LogP contribution in [-0.4, -0.2) is 4.57 Å². The Bertz CT molecular complexity index is 3710. The van der Waals surface area contributed by atoms with Crippen molar-refractivity contribution in [1.82, 2.24) is 4.57 Å². The minimum absolute atomic E-state index is 1.03. The van der Waals surface area contributed by atoms with Crippen molar-refractivity contribution in [2.45, 2.75) is 26.0 Å². The summed E-state index contributed by atoms with van der Waals surface area (Å²) in [7, 11) is 0. The lowest BCUT2D eigenvalue weighted by Crippen LogP contribution is -2.15. The van der Waals surface area contributed by atoms with E-state index < -0.39 is 0 Å². The van der Waals surface area contributed by atoms with Crippen molar-refractivity contribution in [3.05, 3.63) is 230 Å². The second-order valence-corrected chi connectivity index (χ2v) is 18.5. The van der Waals surface area contributed by atoms with Gasteiger partial charge in [0, 0.05) is 53.5 Å². The fourth-order valence-corrected chi connectivity index (χ4v) is 12.4. The molecule has 0 amide bonds. The van der Waals surface area contributed by atoms with Crippen LogP contribution >= 0.6 is 23.5 Å². The first-order valence-corrected chi connectivity index (χ1v) is 23.2. The molecule has 11 aromatic carbocycles. The third-order valence-electron chi connectivity index (χ3n) is 12.9. The highest BCUT2D eigenvalue weighted by Gasteiger charge is 2.29. The summed E-state index contributed by atoms with van der Waals surface area (Å²) in [4.78, 5) is 7.91. The van der Waals surface area contributed by atoms with Crippen molar-refractivity contribution < 1.29 is 0 Å². The molecule has 2 aliphatic rings. The molecule has 0 saturated carbocycles. The number of nitrogens with zero attached hydrogens (tertiary/aromatic N) is 2. The molecule has 2 nitrogen and oxygen atoms in total. The summed E-state index contributed by atoms with van der Waals surface area (Å²) in [6.45, 7) is 0. The van der Waals surface area contributed by atoms with Crippen LogP contribution in [0.2, 0.25) is 0 Å². The quantitative estimate of drug-likeness (QED) is 0.171. The Morgan fingerprint density at radius 3 is 1.65 bits per heavy atom. The monoisotopic (exact) mass is 838 g/mol. The topological polar surface area (TPSA) is 8.17 Å². The van der Waals surface area contributed by atoms with Crippen LogP contribution in [0.5, 0.6) is 0 Å². The Hall–Kier alpha value is -7.24. The van der Waals surface area contributed by atoms with Crippen LogP contribution < -0.4 is 4.90 Å². The standard InChI is InChI=1S/C38H24N2S.C21H14S/c1-2-12-27(13-3-1)39-33-17-9-8-16-31(33)32-24-28(20-22-34(32)39)40-35-21-18-26-11-5-7-15-30(26)38(35)41-36-23-19-25-10-4-6-14-29(25)37(36)40;1-3-7-17-14(5-1)11-12-20-19(17)13-16-10-9-15-6-2-4-8-18(15)21(16)22-20/h1-24H;1-12H,13H2. The molecular formula is C59H38N2S2. The van der Waals surface area contributed by atoms with Gasteiger partial charge >= 0.3 is 0 Å². The second kappa shape index (κ2) is 14.7. The Balaban J connectivity index is 0.000000153. The van der Waals surface area contributed by atoms with Crippen LogP contribution in [0.1, 0.15) is 11.1 Å². The molecule has 0 aliphatic carbocycles. The SMILES string of the molecule is c1ccc(-n2c3ccccc3c3cc(N4c5ccc6ccccc6c5Sc5ccc6ccccc6c54)ccc32)cc1.c1ccc2c3c(ccc2c1)Sc1c(ccc2ccccc12)C3. The van der Waals surface area contributed by atoms with Gasteiger partial charge in [0.05, 0.1) is 22.4 Å². The molecule has 0 radical (unpaired) electrons. The first-order valence-electron chi connectivity index (χ1n) is 21.5. The molecule has 0 bridgehead atoms. The van der Waals surface area contributed by atoms with Gasteiger partial charge in [0.15, 0.2) is 0 Å². The van der Waals surface area contributed by atoms with E-state index in [0.717, 1.165) is 6.42 Å². The fraction of sp³-hybridized carbons (Fsp3) is 0.0169. The molecule has 0 atom stereocenters. The third kappa shape index (κ3) is 5.90. The van der Waals surface area contributed by atoms with E-state index in [4.69, 9.17) is 0 Å². The van der Waals surface area contributed by atoms with Gasteiger partial charge in [-0.05, 0) is 103 Å². The number of benzene rings is 11. The van der Waals surface area contributed by atoms with Gasteiger partial charge in [-0.25, -0.2) is 0 Å². The minimum Gasteiger partial charge on any atom is -0.309 e. The van der Waals surface area contributed by atoms with Crippen LogP contribution in [-0.2, 0) is 6.42 Å². The first-order chi connectivity index (χ1) is 31.2. The summed E-state index contributed by atoms with van der Waals surface area (Å²) in [5, 5.41) is 13.0. The van der Waals surface area contributed by atoms with Gasteiger partial charge < -0.3 is 9.47 Å². The van der Waals surface area contributed by atoms with E-state index in [1.54, 1.807) is 0 Å². The highest BCUT2D eigenvalue weighted by molar-refractivity contribution is 8.00. The van der Waals surface area contributed by atoms with Crippen molar-refractivity contribution in [1.29, 1.82) is 0 Å². The molecule has 0 N–H and O–H groups in total. The number of hydrogen-bond donors (Lipinski definition) is 0. The molecular weight excluding hydrogens is 801 g/mol. The second-order valence-electron chi connectivity index (χ2n) is 16.4. The van der Waals surface area contributed by atoms with Crippen LogP contribution in [0, 0.1) is 0 Å². The summed E-state index contributed by atoms with van der Waals surface area (Å²) in [6.07, 6.45) is 1.03. The van der Waals surface area contributed by atoms with E-state index >= 15 is 0 Å². The molecule has 0 spiro atoms. The van der Waals surface area contributed by atoms with Crippen molar-refractivity contribution >= 4 is 105 Å². The van der Waals surface area contributed by atoms with Gasteiger partial charge in [-0.3, -0.25) is 0 Å². The van der Waals surface area contributed by atoms with Gasteiger partial charge in [-0.1, -0.05) is 187 Å². The van der Waals surface area contributed by atoms with Crippen molar-refractivity contribution in [2.24, 2.45) is 0 Å². The molecule has 1 aromatic heterocycles. The maximum Gasteiger partial charge on any atom is 0.0679 e. The normalized spacial score (nSPS) is 12.9. The maximum absolute atomic E-state index is 2.49. The van der Waals surface area contributed by atoms with Crippen LogP contribution in [0.15, 0.2) is 238 Å². The fourth-order valence-electron chi connectivity index (χ4n) is 9.96. The van der Waals surface area contributed by atoms with Crippen molar-refractivity contribution in [3.8, 4) is 5.69 Å². The highest BCUT2D eigenvalue weighted by atomic mass is 32.2. The molecule has 12 aromatic rings. The van der Waals surface area contributed by atoms with Crippen LogP contribution in [0.25, 0.3) is 70.6 Å². The molecule has 2 aliphatic heterocycles. The third-order valence-corrected chi connectivity index (χ3v) is 15.3. The summed E-state index contributed by atoms with van der Waals surface area (Å²) in [5.74, 6) is 0. The molecule has 63 heavy (non-hydrogen) atoms. The Labute approximate surface area is 374 Å². The van der Waals surface area contributed by atoms with Crippen molar-refractivity contribution in [2.75, 3.05) is 4.90 Å². The van der Waals surface area contributed by atoms with E-state index in [1.165, 1.54) is 118 Å². The zero-order valence-corrected chi connectivity index (χ0v) is 35.8. The van der Waals surface area contributed by atoms with E-state index in [1.807, 2.05) is 23.5 Å². The average molecular weight is 839 g/mol. The van der Waals surface area contributed by atoms with Gasteiger partial charge in [-0.2, -0.15) is 0 Å². The molecule has 0 fully saturated rings. The zero-order chi connectivity index (χ0) is 41.4. The molecule has 0 unspecified atom stereocenters. The number of rotatable bonds is 2. The molecule has 4 heteroatoms. The Morgan fingerprint density at radius 1 is 0.349 bits per heavy atom. The molecule has 3 heterocycles. The molecule has 0 saturated heterocycles. The lowest BCUT2D eigenvalue weighted by Gasteiger charge is -2.34. The predicted octanol–water partition coefficient (Wildman–Crippen LogP) is 17.1. The van der Waals surface area contributed by atoms with Gasteiger partial charge in [0.1, 0.15) is 0 Å². The summed E-state index contributed by atoms with van der Waals surface area (Å²) >= 11 is 3.81. The van der Waals surface area contributed by atoms with Crippen LogP contribution in [0.4, 0.5) is 17.1 Å². The zero-order valence-electron chi connectivity index (χ0n) is 34.2. The highest BCUT2D eigenvalue weighted by Crippen LogP contribution is 2.56. The Morgan fingerprint density at radius 2 is 0.889 bits per heavy atom. The summed E-state index contributed by atoms with van der Waals surface area (Å²) < 4.78 is 2.38. The van der Waals surface area contributed by atoms with E-state index in [-0.39, 0.29) is 0 Å². The van der Waals surface area contributed by atoms with Crippen LogP contribution in [0.3, 0.4) is 0 Å². The lowest BCUT2D eigenvalue weighted by molar-refractivity contribution is 1.09. The average Bonchev–Trinajstić information content (AvgIpc) is 3.69. The van der Waals surface area contributed by atoms with Gasteiger partial charge in [0.2, 0.25) is 0 Å². The predicted molar refractivity (Wildman–Crippen MR) is 269 cm³/mol. The molecule has 296 valence electrons. The van der Waals surface area contributed by atoms with E-state index in [0.29, 0.717) is 0 Å². The Kier molecular flexibility index (Phi) is 8.50. The van der Waals surface area contributed by atoms with Crippen molar-refractivity contribution in [3.63, 3.8) is 0 Å².